The van der Waals surface area contributed by atoms with Crippen LogP contribution in [0.4, 0.5) is 10.9 Å². The second-order valence-corrected chi connectivity index (χ2v) is 9.17. The van der Waals surface area contributed by atoms with Gasteiger partial charge in [0.15, 0.2) is 10.9 Å². The molecule has 0 radical (unpaired) electrons. The molecular weight excluding hydrogens is 410 g/mol. The first-order valence-corrected chi connectivity index (χ1v) is 11.7. The summed E-state index contributed by atoms with van der Waals surface area (Å²) in [5.41, 5.74) is 2.61. The predicted molar refractivity (Wildman–Crippen MR) is 123 cm³/mol. The number of hydrogen-bond acceptors (Lipinski definition) is 9. The number of hydrogen-bond donors (Lipinski definition) is 2. The number of rotatable bonds is 8. The fraction of sp³-hybridized carbons (Fsp3) is 0.500. The normalized spacial score (nSPS) is 14.7. The molecular formula is C22H29N7OS. The molecule has 0 bridgehead atoms. The van der Waals surface area contributed by atoms with E-state index in [-0.39, 0.29) is 6.10 Å². The Morgan fingerprint density at radius 3 is 2.65 bits per heavy atom. The number of aromatic nitrogens is 5. The van der Waals surface area contributed by atoms with E-state index in [4.69, 9.17) is 4.74 Å². The Morgan fingerprint density at radius 1 is 1.06 bits per heavy atom. The number of nitrogens with one attached hydrogen (secondary N) is 2. The van der Waals surface area contributed by atoms with Crippen LogP contribution in [0.5, 0.6) is 6.01 Å². The van der Waals surface area contributed by atoms with E-state index in [0.717, 1.165) is 39.9 Å². The van der Waals surface area contributed by atoms with E-state index < -0.39 is 0 Å². The van der Waals surface area contributed by atoms with E-state index in [9.17, 15) is 0 Å². The Bertz CT molecular complexity index is 984. The second-order valence-electron chi connectivity index (χ2n) is 8.14. The van der Waals surface area contributed by atoms with Crippen molar-refractivity contribution in [1.29, 1.82) is 0 Å². The summed E-state index contributed by atoms with van der Waals surface area (Å²) in [6.07, 6.45) is 11.4. The summed E-state index contributed by atoms with van der Waals surface area (Å²) in [6.45, 7) is 6.87. The van der Waals surface area contributed by atoms with E-state index in [1.54, 1.807) is 12.4 Å². The molecule has 1 fully saturated rings. The third kappa shape index (κ3) is 6.18. The van der Waals surface area contributed by atoms with Gasteiger partial charge in [-0.25, -0.2) is 15.0 Å². The molecule has 164 valence electrons. The molecule has 9 heteroatoms. The van der Waals surface area contributed by atoms with Crippen LogP contribution in [0.25, 0.3) is 10.6 Å². The lowest BCUT2D eigenvalue weighted by Gasteiger charge is -2.21. The van der Waals surface area contributed by atoms with Crippen LogP contribution in [0.2, 0.25) is 0 Å². The number of nitrogens with zero attached hydrogens (tertiary/aromatic N) is 5. The minimum Gasteiger partial charge on any atom is -0.460 e. The monoisotopic (exact) mass is 439 g/mol. The van der Waals surface area contributed by atoms with Gasteiger partial charge in [-0.15, -0.1) is 0 Å². The Balaban J connectivity index is 1.42. The van der Waals surface area contributed by atoms with Gasteiger partial charge >= 0.3 is 6.01 Å². The first-order valence-electron chi connectivity index (χ1n) is 10.8. The zero-order valence-electron chi connectivity index (χ0n) is 18.3. The van der Waals surface area contributed by atoms with Crippen molar-refractivity contribution in [1.82, 2.24) is 30.2 Å². The van der Waals surface area contributed by atoms with Crippen molar-refractivity contribution in [2.75, 3.05) is 5.32 Å². The van der Waals surface area contributed by atoms with Crippen molar-refractivity contribution < 1.29 is 4.74 Å². The van der Waals surface area contributed by atoms with Crippen molar-refractivity contribution >= 4 is 22.3 Å². The molecule has 8 nitrogen and oxygen atoms in total. The van der Waals surface area contributed by atoms with Crippen LogP contribution in [-0.2, 0) is 6.54 Å². The Morgan fingerprint density at radius 2 is 1.90 bits per heavy atom. The van der Waals surface area contributed by atoms with Gasteiger partial charge in [-0.2, -0.15) is 4.98 Å². The highest BCUT2D eigenvalue weighted by Crippen LogP contribution is 2.31. The summed E-state index contributed by atoms with van der Waals surface area (Å²) in [6, 6.07) is 2.83. The van der Waals surface area contributed by atoms with Gasteiger partial charge < -0.3 is 15.4 Å². The largest absolute Gasteiger partial charge is 0.460 e. The maximum absolute atomic E-state index is 6.07. The SMILES string of the molecule is Cc1cc(-c2cnc(Nc3cnc(CNC(C)C)cn3)s2)nc(OC2CCCCC2)n1. The van der Waals surface area contributed by atoms with Crippen molar-refractivity contribution in [3.8, 4) is 16.6 Å². The Labute approximate surface area is 187 Å². The van der Waals surface area contributed by atoms with Gasteiger partial charge in [-0.1, -0.05) is 31.6 Å². The van der Waals surface area contributed by atoms with Crippen LogP contribution >= 0.6 is 11.3 Å². The second kappa shape index (κ2) is 10.1. The molecule has 0 atom stereocenters. The minimum atomic E-state index is 0.222. The van der Waals surface area contributed by atoms with Crippen LogP contribution in [0.3, 0.4) is 0 Å². The Kier molecular flexibility index (Phi) is 7.03. The van der Waals surface area contributed by atoms with Crippen molar-refractivity contribution in [2.24, 2.45) is 0 Å². The molecule has 31 heavy (non-hydrogen) atoms. The number of anilines is 2. The minimum absolute atomic E-state index is 0.222. The van der Waals surface area contributed by atoms with E-state index in [2.05, 4.69) is 49.4 Å². The molecule has 0 aromatic carbocycles. The predicted octanol–water partition coefficient (Wildman–Crippen LogP) is 4.65. The van der Waals surface area contributed by atoms with Gasteiger partial charge in [0, 0.05) is 24.5 Å². The van der Waals surface area contributed by atoms with Crippen molar-refractivity contribution in [2.45, 2.75) is 71.6 Å². The van der Waals surface area contributed by atoms with Crippen LogP contribution in [0, 0.1) is 6.92 Å². The molecule has 3 aromatic heterocycles. The lowest BCUT2D eigenvalue weighted by molar-refractivity contribution is 0.142. The fourth-order valence-electron chi connectivity index (χ4n) is 3.43. The van der Waals surface area contributed by atoms with Crippen LogP contribution in [0.15, 0.2) is 24.7 Å². The quantitative estimate of drug-likeness (QED) is 0.523. The lowest BCUT2D eigenvalue weighted by atomic mass is 9.98. The highest BCUT2D eigenvalue weighted by molar-refractivity contribution is 7.18. The molecule has 3 heterocycles. The fourth-order valence-corrected chi connectivity index (χ4v) is 4.22. The maximum Gasteiger partial charge on any atom is 0.317 e. The van der Waals surface area contributed by atoms with Crippen LogP contribution in [-0.4, -0.2) is 37.1 Å². The highest BCUT2D eigenvalue weighted by atomic mass is 32.1. The van der Waals surface area contributed by atoms with Crippen LogP contribution in [0.1, 0.15) is 57.3 Å². The summed E-state index contributed by atoms with van der Waals surface area (Å²) < 4.78 is 6.07. The molecule has 1 aliphatic rings. The van der Waals surface area contributed by atoms with Gasteiger partial charge in [0.1, 0.15) is 6.10 Å². The lowest BCUT2D eigenvalue weighted by Crippen LogP contribution is -2.22. The first-order chi connectivity index (χ1) is 15.0. The molecule has 0 spiro atoms. The molecule has 0 aliphatic heterocycles. The number of aryl methyl sites for hydroxylation is 1. The molecule has 0 unspecified atom stereocenters. The molecule has 4 rings (SSSR count). The molecule has 1 saturated carbocycles. The summed E-state index contributed by atoms with van der Waals surface area (Å²) in [5.74, 6) is 0.661. The van der Waals surface area contributed by atoms with Crippen molar-refractivity contribution in [3.63, 3.8) is 0 Å². The molecule has 0 amide bonds. The third-order valence-corrected chi connectivity index (χ3v) is 5.98. The van der Waals surface area contributed by atoms with E-state index in [1.165, 1.54) is 30.6 Å². The van der Waals surface area contributed by atoms with E-state index in [0.29, 0.717) is 24.4 Å². The molecule has 2 N–H and O–H groups in total. The standard InChI is InChI=1S/C22H29N7OS/c1-14(2)23-10-16-11-25-20(13-24-16)29-22-26-12-19(31-22)18-9-15(3)27-21(28-18)30-17-7-5-4-6-8-17/h9,11-14,17,23H,4-8,10H2,1-3H3,(H,25,26,29). The summed E-state index contributed by atoms with van der Waals surface area (Å²) in [5, 5.41) is 7.29. The number of ether oxygens (including phenoxy) is 1. The smallest absolute Gasteiger partial charge is 0.317 e. The van der Waals surface area contributed by atoms with Gasteiger partial charge in [0.25, 0.3) is 0 Å². The maximum atomic E-state index is 6.07. The average molecular weight is 440 g/mol. The summed E-state index contributed by atoms with van der Waals surface area (Å²) >= 11 is 1.51. The molecule has 1 aliphatic carbocycles. The van der Waals surface area contributed by atoms with Crippen molar-refractivity contribution in [3.05, 3.63) is 36.0 Å². The topological polar surface area (TPSA) is 97.7 Å². The number of thiazole rings is 1. The Hall–Kier alpha value is -2.65. The molecule has 3 aromatic rings. The van der Waals surface area contributed by atoms with E-state index in [1.807, 2.05) is 19.2 Å². The zero-order chi connectivity index (χ0) is 21.6. The highest BCUT2D eigenvalue weighted by Gasteiger charge is 2.17. The van der Waals surface area contributed by atoms with Gasteiger partial charge in [0.05, 0.1) is 28.7 Å². The summed E-state index contributed by atoms with van der Waals surface area (Å²) in [4.78, 5) is 23.4. The van der Waals surface area contributed by atoms with E-state index >= 15 is 0 Å². The zero-order valence-corrected chi connectivity index (χ0v) is 19.1. The van der Waals surface area contributed by atoms with Gasteiger partial charge in [-0.3, -0.25) is 4.98 Å². The third-order valence-electron chi connectivity index (χ3n) is 5.05. The molecule has 0 saturated heterocycles. The van der Waals surface area contributed by atoms with Gasteiger partial charge in [-0.05, 0) is 38.7 Å². The van der Waals surface area contributed by atoms with Gasteiger partial charge in [0.2, 0.25) is 0 Å². The summed E-state index contributed by atoms with van der Waals surface area (Å²) in [7, 11) is 0. The first kappa shape index (κ1) is 21.6. The average Bonchev–Trinajstić information content (AvgIpc) is 3.22. The van der Waals surface area contributed by atoms with Crippen LogP contribution < -0.4 is 15.4 Å².